The highest BCUT2D eigenvalue weighted by atomic mass is 127. The van der Waals surface area contributed by atoms with Crippen LogP contribution in [0.3, 0.4) is 0 Å². The van der Waals surface area contributed by atoms with E-state index in [1.54, 1.807) is 0 Å². The fourth-order valence-electron chi connectivity index (χ4n) is 2.28. The Labute approximate surface area is 138 Å². The minimum Gasteiger partial charge on any atom is -0.444 e. The number of aromatic amines is 1. The second-order valence-electron chi connectivity index (χ2n) is 6.10. The van der Waals surface area contributed by atoms with Gasteiger partial charge in [-0.2, -0.15) is 0 Å². The van der Waals surface area contributed by atoms with E-state index in [9.17, 15) is 4.79 Å². The first-order chi connectivity index (χ1) is 9.76. The lowest BCUT2D eigenvalue weighted by Crippen LogP contribution is -2.33. The van der Waals surface area contributed by atoms with Crippen molar-refractivity contribution in [3.8, 4) is 0 Å². The summed E-state index contributed by atoms with van der Waals surface area (Å²) in [5.74, 6) is 0. The van der Waals surface area contributed by atoms with Gasteiger partial charge in [-0.15, -0.1) is 0 Å². The highest BCUT2D eigenvalue weighted by Gasteiger charge is 2.16. The number of carbonyl (C=O) groups excluding carboxylic acids is 1. The first kappa shape index (κ1) is 16.1. The van der Waals surface area contributed by atoms with E-state index in [0.717, 1.165) is 17.6 Å². The fraction of sp³-hybridized carbons (Fsp3) is 0.438. The molecule has 1 aromatic carbocycles. The molecule has 0 bridgehead atoms. The number of aryl methyl sites for hydroxylation is 1. The molecule has 1 heterocycles. The Hall–Kier alpha value is -1.24. The Balaban J connectivity index is 2.02. The summed E-state index contributed by atoms with van der Waals surface area (Å²) in [4.78, 5) is 15.0. The average Bonchev–Trinajstić information content (AvgIpc) is 2.63. The number of nitrogens with one attached hydrogen (secondary N) is 2. The van der Waals surface area contributed by atoms with Crippen molar-refractivity contribution in [1.29, 1.82) is 0 Å². The van der Waals surface area contributed by atoms with E-state index >= 15 is 0 Å². The van der Waals surface area contributed by atoms with Crippen molar-refractivity contribution >= 4 is 39.6 Å². The monoisotopic (exact) mass is 400 g/mol. The number of hydrogen-bond donors (Lipinski definition) is 2. The first-order valence-electron chi connectivity index (χ1n) is 7.00. The Morgan fingerprint density at radius 1 is 1.38 bits per heavy atom. The summed E-state index contributed by atoms with van der Waals surface area (Å²) < 4.78 is 6.44. The second kappa shape index (κ2) is 6.25. The molecule has 1 amide bonds. The molecule has 4 nitrogen and oxygen atoms in total. The van der Waals surface area contributed by atoms with E-state index in [-0.39, 0.29) is 6.09 Å². The molecule has 2 N–H and O–H groups in total. The second-order valence-corrected chi connectivity index (χ2v) is 7.34. The van der Waals surface area contributed by atoms with Gasteiger partial charge in [-0.25, -0.2) is 4.79 Å². The molecule has 0 aliphatic heterocycles. The predicted molar refractivity (Wildman–Crippen MR) is 93.7 cm³/mol. The van der Waals surface area contributed by atoms with Gasteiger partial charge in [0.15, 0.2) is 0 Å². The molecule has 5 heteroatoms. The van der Waals surface area contributed by atoms with E-state index in [1.807, 2.05) is 20.8 Å². The van der Waals surface area contributed by atoms with E-state index in [2.05, 4.69) is 58.0 Å². The molecular formula is C16H21IN2O2. The number of aromatic nitrogens is 1. The molecule has 1 aromatic heterocycles. The zero-order chi connectivity index (χ0) is 15.6. The number of rotatable bonds is 3. The topological polar surface area (TPSA) is 54.1 Å². The Morgan fingerprint density at radius 3 is 2.76 bits per heavy atom. The van der Waals surface area contributed by atoms with Crippen LogP contribution in [0.2, 0.25) is 0 Å². The number of fused-ring (bicyclic) bond motifs is 1. The fourth-order valence-corrected chi connectivity index (χ4v) is 2.77. The standard InChI is InChI=1S/C16H21IN2O2/c1-10-12(7-8-18-15(20)21-16(2,3)4)13-9-11(17)5-6-14(13)19-10/h5-6,9,19H,7-8H2,1-4H3,(H,18,20). The largest absolute Gasteiger partial charge is 0.444 e. The molecule has 0 fully saturated rings. The van der Waals surface area contributed by atoms with E-state index in [4.69, 9.17) is 4.74 Å². The summed E-state index contributed by atoms with van der Waals surface area (Å²) >= 11 is 2.31. The van der Waals surface area contributed by atoms with Crippen LogP contribution in [-0.4, -0.2) is 23.2 Å². The van der Waals surface area contributed by atoms with Crippen molar-refractivity contribution in [2.24, 2.45) is 0 Å². The van der Waals surface area contributed by atoms with E-state index in [0.29, 0.717) is 6.54 Å². The van der Waals surface area contributed by atoms with Gasteiger partial charge in [0.25, 0.3) is 0 Å². The maximum absolute atomic E-state index is 11.6. The predicted octanol–water partition coefficient (Wildman–Crippen LogP) is 4.15. The maximum Gasteiger partial charge on any atom is 0.407 e. The van der Waals surface area contributed by atoms with Gasteiger partial charge >= 0.3 is 6.09 Å². The highest BCUT2D eigenvalue weighted by molar-refractivity contribution is 14.1. The smallest absolute Gasteiger partial charge is 0.407 e. The van der Waals surface area contributed by atoms with Crippen LogP contribution in [0.25, 0.3) is 10.9 Å². The molecule has 0 spiro atoms. The summed E-state index contributed by atoms with van der Waals surface area (Å²) in [6.45, 7) is 8.21. The lowest BCUT2D eigenvalue weighted by atomic mass is 10.1. The molecule has 114 valence electrons. The third kappa shape index (κ3) is 4.36. The summed E-state index contributed by atoms with van der Waals surface area (Å²) in [7, 11) is 0. The van der Waals surface area contributed by atoms with Crippen molar-refractivity contribution < 1.29 is 9.53 Å². The van der Waals surface area contributed by atoms with Gasteiger partial charge in [0.05, 0.1) is 0 Å². The van der Waals surface area contributed by atoms with E-state index in [1.165, 1.54) is 14.5 Å². The zero-order valence-electron chi connectivity index (χ0n) is 12.8. The molecule has 0 unspecified atom stereocenters. The van der Waals surface area contributed by atoms with Gasteiger partial charge < -0.3 is 15.0 Å². The quantitative estimate of drug-likeness (QED) is 0.761. The van der Waals surface area contributed by atoms with Gasteiger partial charge in [0.2, 0.25) is 0 Å². The number of amides is 1. The molecule has 21 heavy (non-hydrogen) atoms. The molecular weight excluding hydrogens is 379 g/mol. The van der Waals surface area contributed by atoms with Crippen molar-refractivity contribution in [2.75, 3.05) is 6.54 Å². The summed E-state index contributed by atoms with van der Waals surface area (Å²) in [6.07, 6.45) is 0.417. The van der Waals surface area contributed by atoms with Gasteiger partial charge in [-0.1, -0.05) is 0 Å². The van der Waals surface area contributed by atoms with Gasteiger partial charge in [0.1, 0.15) is 5.60 Å². The molecule has 0 aliphatic carbocycles. The van der Waals surface area contributed by atoms with Crippen LogP contribution >= 0.6 is 22.6 Å². The van der Waals surface area contributed by atoms with Crippen molar-refractivity contribution in [1.82, 2.24) is 10.3 Å². The Morgan fingerprint density at radius 2 is 2.10 bits per heavy atom. The third-order valence-electron chi connectivity index (χ3n) is 3.12. The highest BCUT2D eigenvalue weighted by Crippen LogP contribution is 2.24. The number of benzene rings is 1. The Kier molecular flexibility index (Phi) is 4.81. The number of H-pyrrole nitrogens is 1. The number of ether oxygens (including phenoxy) is 1. The summed E-state index contributed by atoms with van der Waals surface area (Å²) in [5.41, 5.74) is 3.08. The number of hydrogen-bond acceptors (Lipinski definition) is 2. The van der Waals surface area contributed by atoms with Crippen LogP contribution in [0, 0.1) is 10.5 Å². The number of alkyl carbamates (subject to hydrolysis) is 1. The van der Waals surface area contributed by atoms with Crippen LogP contribution < -0.4 is 5.32 Å². The maximum atomic E-state index is 11.6. The molecule has 0 aliphatic rings. The molecule has 0 atom stereocenters. The zero-order valence-corrected chi connectivity index (χ0v) is 15.0. The minimum absolute atomic E-state index is 0.366. The SMILES string of the molecule is Cc1[nH]c2ccc(I)cc2c1CCNC(=O)OC(C)(C)C. The van der Waals surface area contributed by atoms with Crippen LogP contribution in [0.4, 0.5) is 4.79 Å². The lowest BCUT2D eigenvalue weighted by molar-refractivity contribution is 0.0528. The van der Waals surface area contributed by atoms with Gasteiger partial charge in [0, 0.05) is 26.7 Å². The van der Waals surface area contributed by atoms with Crippen LogP contribution in [-0.2, 0) is 11.2 Å². The Bertz CT molecular complexity index is 656. The van der Waals surface area contributed by atoms with Gasteiger partial charge in [-0.3, -0.25) is 0 Å². The molecule has 0 saturated carbocycles. The average molecular weight is 400 g/mol. The summed E-state index contributed by atoms with van der Waals surface area (Å²) in [5, 5.41) is 4.03. The van der Waals surface area contributed by atoms with E-state index < -0.39 is 5.60 Å². The molecule has 2 rings (SSSR count). The van der Waals surface area contributed by atoms with Crippen LogP contribution in [0.1, 0.15) is 32.0 Å². The normalized spacial score (nSPS) is 11.7. The molecule has 2 aromatic rings. The minimum atomic E-state index is -0.461. The lowest BCUT2D eigenvalue weighted by Gasteiger charge is -2.19. The van der Waals surface area contributed by atoms with Crippen LogP contribution in [0.5, 0.6) is 0 Å². The van der Waals surface area contributed by atoms with Crippen molar-refractivity contribution in [3.63, 3.8) is 0 Å². The van der Waals surface area contributed by atoms with Crippen molar-refractivity contribution in [2.45, 2.75) is 39.7 Å². The number of halogens is 1. The number of carbonyl (C=O) groups is 1. The van der Waals surface area contributed by atoms with Gasteiger partial charge in [-0.05, 0) is 80.5 Å². The molecule has 0 saturated heterocycles. The summed E-state index contributed by atoms with van der Waals surface area (Å²) in [6, 6.07) is 6.35. The first-order valence-corrected chi connectivity index (χ1v) is 8.08. The molecule has 0 radical (unpaired) electrons. The van der Waals surface area contributed by atoms with Crippen molar-refractivity contribution in [3.05, 3.63) is 33.0 Å². The third-order valence-corrected chi connectivity index (χ3v) is 3.80. The van der Waals surface area contributed by atoms with Crippen LogP contribution in [0.15, 0.2) is 18.2 Å².